The molecule has 0 aromatic heterocycles. The topological polar surface area (TPSA) is 21.3 Å². The molecule has 1 unspecified atom stereocenters. The summed E-state index contributed by atoms with van der Waals surface area (Å²) in [5, 5.41) is 3.78. The van der Waals surface area contributed by atoms with Gasteiger partial charge in [-0.25, -0.2) is 0 Å². The first-order chi connectivity index (χ1) is 9.54. The molecule has 1 atom stereocenters. The summed E-state index contributed by atoms with van der Waals surface area (Å²) in [7, 11) is 0. The Labute approximate surface area is 123 Å². The maximum Gasteiger partial charge on any atom is 0.120 e. The van der Waals surface area contributed by atoms with Crippen LogP contribution < -0.4 is 10.1 Å². The van der Waals surface area contributed by atoms with E-state index in [0.29, 0.717) is 12.1 Å². The minimum atomic E-state index is 0.230. The Kier molecular flexibility index (Phi) is 5.47. The van der Waals surface area contributed by atoms with Crippen LogP contribution in [0.1, 0.15) is 65.0 Å². The zero-order valence-corrected chi connectivity index (χ0v) is 13.4. The minimum absolute atomic E-state index is 0.230. The van der Waals surface area contributed by atoms with Gasteiger partial charge in [-0.3, -0.25) is 0 Å². The van der Waals surface area contributed by atoms with E-state index in [1.807, 2.05) is 6.07 Å². The summed E-state index contributed by atoms with van der Waals surface area (Å²) in [6, 6.07) is 9.56. The molecule has 2 heteroatoms. The summed E-state index contributed by atoms with van der Waals surface area (Å²) in [6.45, 7) is 8.76. The molecule has 0 bridgehead atoms. The van der Waals surface area contributed by atoms with Gasteiger partial charge in [-0.05, 0) is 70.1 Å². The number of hydrogen-bond acceptors (Lipinski definition) is 2. The van der Waals surface area contributed by atoms with Gasteiger partial charge in [0.15, 0.2) is 0 Å². The highest BCUT2D eigenvalue weighted by atomic mass is 16.5. The van der Waals surface area contributed by atoms with E-state index in [0.717, 1.165) is 11.7 Å². The highest BCUT2D eigenvalue weighted by molar-refractivity contribution is 5.30. The molecule has 1 saturated carbocycles. The van der Waals surface area contributed by atoms with Crippen LogP contribution in [-0.2, 0) is 0 Å². The van der Waals surface area contributed by atoms with E-state index in [1.165, 1.54) is 31.2 Å². The number of hydrogen-bond donors (Lipinski definition) is 1. The van der Waals surface area contributed by atoms with E-state index in [1.54, 1.807) is 0 Å². The van der Waals surface area contributed by atoms with Gasteiger partial charge < -0.3 is 10.1 Å². The minimum Gasteiger partial charge on any atom is -0.491 e. The molecule has 20 heavy (non-hydrogen) atoms. The van der Waals surface area contributed by atoms with Gasteiger partial charge in [0, 0.05) is 12.1 Å². The van der Waals surface area contributed by atoms with Crippen molar-refractivity contribution in [2.45, 2.75) is 71.6 Å². The second-order valence-electron chi connectivity index (χ2n) is 6.58. The fraction of sp³-hybridized carbons (Fsp3) is 0.667. The van der Waals surface area contributed by atoms with Crippen molar-refractivity contribution in [1.82, 2.24) is 5.32 Å². The molecule has 1 fully saturated rings. The third-order valence-electron chi connectivity index (χ3n) is 4.23. The molecule has 0 saturated heterocycles. The molecule has 1 aromatic rings. The maximum atomic E-state index is 5.78. The van der Waals surface area contributed by atoms with Crippen molar-refractivity contribution in [3.05, 3.63) is 29.8 Å². The van der Waals surface area contributed by atoms with Crippen molar-refractivity contribution in [3.63, 3.8) is 0 Å². The Balaban J connectivity index is 1.93. The quantitative estimate of drug-likeness (QED) is 0.840. The van der Waals surface area contributed by atoms with Crippen LogP contribution in [0.4, 0.5) is 0 Å². The molecule has 112 valence electrons. The summed E-state index contributed by atoms with van der Waals surface area (Å²) in [5.74, 6) is 1.88. The molecular formula is C18H29NO. The molecule has 1 aliphatic rings. The van der Waals surface area contributed by atoms with Crippen molar-refractivity contribution in [2.75, 3.05) is 0 Å². The van der Waals surface area contributed by atoms with Gasteiger partial charge in [-0.15, -0.1) is 0 Å². The van der Waals surface area contributed by atoms with Gasteiger partial charge in [0.05, 0.1) is 6.10 Å². The highest BCUT2D eigenvalue weighted by Crippen LogP contribution is 2.26. The van der Waals surface area contributed by atoms with E-state index in [2.05, 4.69) is 51.2 Å². The molecule has 0 amide bonds. The molecule has 0 radical (unpaired) electrons. The van der Waals surface area contributed by atoms with Gasteiger partial charge in [-0.1, -0.05) is 19.1 Å². The van der Waals surface area contributed by atoms with E-state index in [4.69, 9.17) is 4.74 Å². The fourth-order valence-electron chi connectivity index (χ4n) is 3.01. The van der Waals surface area contributed by atoms with Crippen LogP contribution in [0.25, 0.3) is 0 Å². The smallest absolute Gasteiger partial charge is 0.120 e. The van der Waals surface area contributed by atoms with Crippen LogP contribution in [0, 0.1) is 5.92 Å². The largest absolute Gasteiger partial charge is 0.491 e. The molecule has 1 N–H and O–H groups in total. The Morgan fingerprint density at radius 1 is 1.10 bits per heavy atom. The monoisotopic (exact) mass is 275 g/mol. The third kappa shape index (κ3) is 4.52. The third-order valence-corrected chi connectivity index (χ3v) is 4.23. The Bertz CT molecular complexity index is 408. The van der Waals surface area contributed by atoms with E-state index >= 15 is 0 Å². The lowest BCUT2D eigenvalue weighted by Crippen LogP contribution is -2.34. The lowest BCUT2D eigenvalue weighted by atomic mass is 9.87. The van der Waals surface area contributed by atoms with Gasteiger partial charge in [0.1, 0.15) is 5.75 Å². The Morgan fingerprint density at radius 2 is 1.80 bits per heavy atom. The van der Waals surface area contributed by atoms with Crippen molar-refractivity contribution in [1.29, 1.82) is 0 Å². The van der Waals surface area contributed by atoms with Crippen LogP contribution >= 0.6 is 0 Å². The molecule has 2 nitrogen and oxygen atoms in total. The molecular weight excluding hydrogens is 246 g/mol. The normalized spacial score (nSPS) is 24.6. The summed E-state index contributed by atoms with van der Waals surface area (Å²) in [6.07, 6.45) is 5.58. The van der Waals surface area contributed by atoms with E-state index < -0.39 is 0 Å². The van der Waals surface area contributed by atoms with Crippen molar-refractivity contribution < 1.29 is 4.74 Å². The van der Waals surface area contributed by atoms with Crippen molar-refractivity contribution >= 4 is 0 Å². The first-order valence-electron chi connectivity index (χ1n) is 8.07. The van der Waals surface area contributed by atoms with Gasteiger partial charge in [0.2, 0.25) is 0 Å². The second-order valence-corrected chi connectivity index (χ2v) is 6.58. The summed E-state index contributed by atoms with van der Waals surface area (Å²) in [4.78, 5) is 0. The average Bonchev–Trinajstić information content (AvgIpc) is 2.41. The van der Waals surface area contributed by atoms with Crippen molar-refractivity contribution in [3.8, 4) is 5.75 Å². The standard InChI is InChI=1S/C18H29NO/c1-13(2)20-18-7-5-6-16(12-18)15(4)19-17-10-8-14(3)9-11-17/h5-7,12-15,17,19H,8-11H2,1-4H3. The molecule has 0 heterocycles. The van der Waals surface area contributed by atoms with Crippen LogP contribution in [0.2, 0.25) is 0 Å². The van der Waals surface area contributed by atoms with Gasteiger partial charge >= 0.3 is 0 Å². The number of benzene rings is 1. The molecule has 2 rings (SSSR count). The SMILES string of the molecule is CC1CCC(NC(C)c2cccc(OC(C)C)c2)CC1. The van der Waals surface area contributed by atoms with Gasteiger partial charge in [0.25, 0.3) is 0 Å². The average molecular weight is 275 g/mol. The molecule has 1 aromatic carbocycles. The zero-order valence-electron chi connectivity index (χ0n) is 13.4. The van der Waals surface area contributed by atoms with Crippen molar-refractivity contribution in [2.24, 2.45) is 5.92 Å². The highest BCUT2D eigenvalue weighted by Gasteiger charge is 2.20. The zero-order chi connectivity index (χ0) is 14.5. The van der Waals surface area contributed by atoms with Gasteiger partial charge in [-0.2, -0.15) is 0 Å². The summed E-state index contributed by atoms with van der Waals surface area (Å²) >= 11 is 0. The summed E-state index contributed by atoms with van der Waals surface area (Å²) < 4.78 is 5.78. The predicted molar refractivity (Wildman–Crippen MR) is 85.2 cm³/mol. The van der Waals surface area contributed by atoms with Crippen LogP contribution in [-0.4, -0.2) is 12.1 Å². The Morgan fingerprint density at radius 3 is 2.45 bits per heavy atom. The number of ether oxygens (including phenoxy) is 1. The second kappa shape index (κ2) is 7.12. The Hall–Kier alpha value is -1.02. The first kappa shape index (κ1) is 15.4. The predicted octanol–water partition coefficient (Wildman–Crippen LogP) is 4.70. The maximum absolute atomic E-state index is 5.78. The first-order valence-corrected chi connectivity index (χ1v) is 8.07. The lowest BCUT2D eigenvalue weighted by molar-refractivity contribution is 0.241. The molecule has 0 spiro atoms. The van der Waals surface area contributed by atoms with E-state index in [9.17, 15) is 0 Å². The fourth-order valence-corrected chi connectivity index (χ4v) is 3.01. The number of nitrogens with one attached hydrogen (secondary N) is 1. The van der Waals surface area contributed by atoms with Crippen LogP contribution in [0.5, 0.6) is 5.75 Å². The van der Waals surface area contributed by atoms with Crippen LogP contribution in [0.3, 0.4) is 0 Å². The summed E-state index contributed by atoms with van der Waals surface area (Å²) in [5.41, 5.74) is 1.32. The van der Waals surface area contributed by atoms with Crippen LogP contribution in [0.15, 0.2) is 24.3 Å². The number of rotatable bonds is 5. The molecule has 0 aliphatic heterocycles. The lowest BCUT2D eigenvalue weighted by Gasteiger charge is -2.30. The van der Waals surface area contributed by atoms with E-state index in [-0.39, 0.29) is 6.10 Å². The molecule has 1 aliphatic carbocycles.